The minimum Gasteiger partial charge on any atom is -0.551 e. The Labute approximate surface area is 379 Å². The van der Waals surface area contributed by atoms with Crippen LogP contribution >= 0.6 is 0 Å². The molecule has 0 amide bonds. The van der Waals surface area contributed by atoms with Gasteiger partial charge in [0.2, 0.25) is 0 Å². The Morgan fingerprint density at radius 2 is 0.892 bits per heavy atom. The van der Waals surface area contributed by atoms with Crippen molar-refractivity contribution in [2.24, 2.45) is 0 Å². The molecular weight excluding hydrogens is 806 g/mol. The largest absolute Gasteiger partial charge is 0.551 e. The second-order valence-corrected chi connectivity index (χ2v) is 20.9. The number of ether oxygens (including phenoxy) is 1. The van der Waals surface area contributed by atoms with Crippen LogP contribution in [0.1, 0.15) is 0 Å². The molecule has 304 valence electrons. The highest BCUT2D eigenvalue weighted by molar-refractivity contribution is 7.19. The molecule has 0 N–H and O–H groups in total. The molecule has 1 aromatic heterocycles. The van der Waals surface area contributed by atoms with E-state index < -0.39 is 8.07 Å². The molecule has 11 aromatic rings. The topological polar surface area (TPSA) is 23.4 Å². The fourth-order valence-corrected chi connectivity index (χ4v) is 15.5. The Balaban J connectivity index is 0.928. The Kier molecular flexibility index (Phi) is 8.65. The number of nitrogens with zero attached hydrogens (tertiary/aromatic N) is 1. The minimum absolute atomic E-state index is 0.305. The van der Waals surface area contributed by atoms with Crippen LogP contribution in [0.4, 0.5) is 0 Å². The molecule has 0 saturated heterocycles. The highest BCUT2D eigenvalue weighted by Gasteiger charge is 2.43. The summed E-state index contributed by atoms with van der Waals surface area (Å²) in [7, 11) is -2.75. The third-order valence-corrected chi connectivity index (χ3v) is 18.4. The Bertz CT molecular complexity index is 3460. The van der Waals surface area contributed by atoms with Gasteiger partial charge in [-0.3, -0.25) is 0 Å². The second-order valence-electron chi connectivity index (χ2n) is 17.1. The zero-order valence-corrected chi connectivity index (χ0v) is 36.4. The molecule has 2 aliphatic rings. The Hall–Kier alpha value is -8.12. The molecule has 5 heteroatoms. The molecule has 3 nitrogen and oxygen atoms in total. The lowest BCUT2D eigenvalue weighted by atomic mass is 9.50. The standard InChI is InChI=1S/C60H40BNO2Si/c1-4-18-46(19-5-1)65(47-20-6-2-7-21-47,48-22-8-3-9-23-48)49-24-16-17-42(37-49)44-38-53-52-27-12-15-30-57(52)64-61-54-36-33-43(39-58(54)63-59(40-44)60(53)61)41-31-34-45(35-32-41)62-55-28-13-10-25-50(55)51-26-11-14-29-56(51)62/h1-40H. The average Bonchev–Trinajstić information content (AvgIpc) is 3.72. The van der Waals surface area contributed by atoms with Crippen molar-refractivity contribution in [1.29, 1.82) is 0 Å². The van der Waals surface area contributed by atoms with E-state index in [4.69, 9.17) is 9.39 Å². The van der Waals surface area contributed by atoms with Crippen molar-refractivity contribution in [1.82, 2.24) is 4.57 Å². The van der Waals surface area contributed by atoms with Gasteiger partial charge in [-0.2, -0.15) is 0 Å². The third-order valence-electron chi connectivity index (χ3n) is 13.6. The van der Waals surface area contributed by atoms with E-state index >= 15 is 0 Å². The molecule has 0 radical (unpaired) electrons. The zero-order valence-electron chi connectivity index (χ0n) is 35.4. The molecule has 0 unspecified atom stereocenters. The van der Waals surface area contributed by atoms with Crippen LogP contribution in [0, 0.1) is 0 Å². The maximum atomic E-state index is 7.07. The number of hydrogen-bond acceptors (Lipinski definition) is 2. The minimum atomic E-state index is -2.75. The van der Waals surface area contributed by atoms with Crippen molar-refractivity contribution in [2.75, 3.05) is 0 Å². The van der Waals surface area contributed by atoms with E-state index in [1.54, 1.807) is 0 Å². The Morgan fingerprint density at radius 3 is 1.55 bits per heavy atom. The third kappa shape index (κ3) is 5.90. The molecule has 13 rings (SSSR count). The van der Waals surface area contributed by atoms with E-state index in [1.807, 2.05) is 0 Å². The van der Waals surface area contributed by atoms with Crippen LogP contribution in [-0.4, -0.2) is 19.6 Å². The molecule has 0 spiro atoms. The van der Waals surface area contributed by atoms with E-state index in [-0.39, 0.29) is 6.92 Å². The quantitative estimate of drug-likeness (QED) is 0.118. The summed E-state index contributed by atoms with van der Waals surface area (Å²) in [5.74, 6) is 2.51. The van der Waals surface area contributed by atoms with Crippen LogP contribution in [0.15, 0.2) is 243 Å². The number of para-hydroxylation sites is 3. The number of benzene rings is 10. The number of aromatic nitrogens is 1. The van der Waals surface area contributed by atoms with E-state index in [2.05, 4.69) is 247 Å². The van der Waals surface area contributed by atoms with Gasteiger partial charge in [-0.1, -0.05) is 194 Å². The summed E-state index contributed by atoms with van der Waals surface area (Å²) in [5.41, 5.74) is 12.3. The van der Waals surface area contributed by atoms with Crippen LogP contribution < -0.4 is 41.1 Å². The predicted octanol–water partition coefficient (Wildman–Crippen LogP) is 10.8. The van der Waals surface area contributed by atoms with Crippen molar-refractivity contribution < 1.29 is 9.39 Å². The van der Waals surface area contributed by atoms with Crippen molar-refractivity contribution >= 4 is 68.5 Å². The van der Waals surface area contributed by atoms with Crippen LogP contribution in [0.3, 0.4) is 0 Å². The predicted molar refractivity (Wildman–Crippen MR) is 273 cm³/mol. The zero-order chi connectivity index (χ0) is 42.9. The molecule has 3 heterocycles. The van der Waals surface area contributed by atoms with Crippen LogP contribution in [0.25, 0.3) is 60.9 Å². The van der Waals surface area contributed by atoms with E-state index in [1.165, 1.54) is 42.6 Å². The van der Waals surface area contributed by atoms with Crippen LogP contribution in [0.5, 0.6) is 17.2 Å². The molecule has 0 saturated carbocycles. The first kappa shape index (κ1) is 37.4. The lowest BCUT2D eigenvalue weighted by molar-refractivity contribution is 0.480. The van der Waals surface area contributed by atoms with E-state index in [0.717, 1.165) is 67.2 Å². The summed E-state index contributed by atoms with van der Waals surface area (Å²) in [6.07, 6.45) is 0. The molecule has 2 aliphatic heterocycles. The van der Waals surface area contributed by atoms with Crippen molar-refractivity contribution in [3.8, 4) is 56.3 Å². The SMILES string of the molecule is c1ccc([Si](c2ccccc2)(c2ccccc2)c2cccc(-c3cc4c5c(c3)-c3ccccc3OB5c3ccc(-c5ccc(-n6c7ccccc7c7ccccc76)cc5)cc3O4)c2)cc1. The fraction of sp³-hybridized carbons (Fsp3) is 0. The summed E-state index contributed by atoms with van der Waals surface area (Å²) < 4.78 is 16.3. The van der Waals surface area contributed by atoms with Crippen molar-refractivity contribution in [2.45, 2.75) is 0 Å². The first-order valence-corrected chi connectivity index (χ1v) is 24.3. The van der Waals surface area contributed by atoms with Gasteiger partial charge in [0.05, 0.1) is 11.0 Å². The Morgan fingerprint density at radius 1 is 0.354 bits per heavy atom. The van der Waals surface area contributed by atoms with Gasteiger partial charge in [0.15, 0.2) is 8.07 Å². The van der Waals surface area contributed by atoms with Gasteiger partial charge in [-0.05, 0) is 97.1 Å². The van der Waals surface area contributed by atoms with Gasteiger partial charge in [0.25, 0.3) is 0 Å². The average molecular weight is 846 g/mol. The maximum absolute atomic E-state index is 7.07. The van der Waals surface area contributed by atoms with Crippen molar-refractivity contribution in [3.63, 3.8) is 0 Å². The maximum Gasteiger partial charge on any atom is 0.434 e. The smallest absolute Gasteiger partial charge is 0.434 e. The lowest BCUT2D eigenvalue weighted by Crippen LogP contribution is -2.74. The lowest BCUT2D eigenvalue weighted by Gasteiger charge is -2.35. The number of rotatable bonds is 7. The first-order chi connectivity index (χ1) is 32.2. The molecule has 0 bridgehead atoms. The van der Waals surface area contributed by atoms with E-state index in [0.29, 0.717) is 0 Å². The summed E-state index contributed by atoms with van der Waals surface area (Å²) in [5, 5.41) is 7.88. The molecular formula is C60H40BNO2Si. The molecule has 0 atom stereocenters. The van der Waals surface area contributed by atoms with Crippen LogP contribution in [0.2, 0.25) is 0 Å². The van der Waals surface area contributed by atoms with Gasteiger partial charge in [-0.15, -0.1) is 0 Å². The molecule has 0 aliphatic carbocycles. The highest BCUT2D eigenvalue weighted by atomic mass is 28.3. The van der Waals surface area contributed by atoms with Gasteiger partial charge in [-0.25, -0.2) is 0 Å². The summed E-state index contributed by atoms with van der Waals surface area (Å²) in [6.45, 7) is -0.305. The normalized spacial score (nSPS) is 12.5. The second kappa shape index (κ2) is 15.0. The molecule has 10 aromatic carbocycles. The monoisotopic (exact) mass is 845 g/mol. The van der Waals surface area contributed by atoms with Crippen LogP contribution in [-0.2, 0) is 0 Å². The van der Waals surface area contributed by atoms with Gasteiger partial charge in [0.1, 0.15) is 17.2 Å². The highest BCUT2D eigenvalue weighted by Crippen LogP contribution is 2.42. The van der Waals surface area contributed by atoms with Gasteiger partial charge >= 0.3 is 6.92 Å². The van der Waals surface area contributed by atoms with Gasteiger partial charge in [0, 0.05) is 32.9 Å². The van der Waals surface area contributed by atoms with Gasteiger partial charge < -0.3 is 14.0 Å². The molecule has 65 heavy (non-hydrogen) atoms. The molecule has 0 fully saturated rings. The van der Waals surface area contributed by atoms with E-state index in [9.17, 15) is 0 Å². The summed E-state index contributed by atoms with van der Waals surface area (Å²) in [6, 6.07) is 88.4. The van der Waals surface area contributed by atoms with Crippen molar-refractivity contribution in [3.05, 3.63) is 243 Å². The first-order valence-electron chi connectivity index (χ1n) is 22.3. The summed E-state index contributed by atoms with van der Waals surface area (Å²) >= 11 is 0. The fourth-order valence-electron chi connectivity index (χ4n) is 10.7. The number of fused-ring (bicyclic) bond motifs is 7. The summed E-state index contributed by atoms with van der Waals surface area (Å²) in [4.78, 5) is 0. The number of hydrogen-bond donors (Lipinski definition) is 0.